The Balaban J connectivity index is 2.16. The van der Waals surface area contributed by atoms with E-state index in [4.69, 9.17) is 9.47 Å². The number of methoxy groups -OCH3 is 2. The number of halogens is 3. The van der Waals surface area contributed by atoms with Crippen molar-refractivity contribution in [3.63, 3.8) is 0 Å². The van der Waals surface area contributed by atoms with Gasteiger partial charge in [-0.05, 0) is 49.1 Å². The lowest BCUT2D eigenvalue weighted by Crippen LogP contribution is -2.52. The molecule has 2 aromatic carbocycles. The quantitative estimate of drug-likeness (QED) is 0.336. The van der Waals surface area contributed by atoms with Crippen molar-refractivity contribution in [2.24, 2.45) is 5.92 Å². The largest absolute Gasteiger partial charge is 0.497 e. The van der Waals surface area contributed by atoms with Crippen LogP contribution in [0.25, 0.3) is 0 Å². The Morgan fingerprint density at radius 3 is 2.13 bits per heavy atom. The highest BCUT2D eigenvalue weighted by molar-refractivity contribution is 7.90. The van der Waals surface area contributed by atoms with Gasteiger partial charge < -0.3 is 20.1 Å². The molecule has 0 spiro atoms. The minimum Gasteiger partial charge on any atom is -0.497 e. The molecule has 3 N–H and O–H groups in total. The number of rotatable bonds is 13. The van der Waals surface area contributed by atoms with E-state index in [1.165, 1.54) is 14.2 Å². The number of amides is 1. The monoisotopic (exact) mass is 559 g/mol. The standard InChI is InChI=1S/C26H36F3N3O5S/c1-16(2)13-22(32-24(26(27,28)29)18-7-10-20(11-8-18)38(6,34)35)25(33)31-17(3)15-30-21-12-9-19(36-4)14-23(21)37-5/h7-12,14,16-17,22,24,30,32H,13,15H2,1-6H3,(H,31,33)/t17-,22-,24-/m0/s1. The van der Waals surface area contributed by atoms with E-state index in [9.17, 15) is 26.4 Å². The Labute approximate surface area is 222 Å². The summed E-state index contributed by atoms with van der Waals surface area (Å²) in [6, 6.07) is 5.96. The molecule has 2 aromatic rings. The van der Waals surface area contributed by atoms with Crippen molar-refractivity contribution >= 4 is 21.4 Å². The maximum absolute atomic E-state index is 14.1. The number of carbonyl (C=O) groups is 1. The maximum atomic E-state index is 14.1. The molecule has 0 aliphatic rings. The highest BCUT2D eigenvalue weighted by Crippen LogP contribution is 2.34. The summed E-state index contributed by atoms with van der Waals surface area (Å²) in [6.07, 6.45) is -3.59. The van der Waals surface area contributed by atoms with Gasteiger partial charge in [0, 0.05) is 24.9 Å². The molecule has 38 heavy (non-hydrogen) atoms. The molecule has 212 valence electrons. The van der Waals surface area contributed by atoms with Gasteiger partial charge in [0.15, 0.2) is 9.84 Å². The van der Waals surface area contributed by atoms with E-state index in [-0.39, 0.29) is 22.8 Å². The van der Waals surface area contributed by atoms with Gasteiger partial charge in [-0.3, -0.25) is 10.1 Å². The topological polar surface area (TPSA) is 106 Å². The SMILES string of the molecule is COc1ccc(NC[C@H](C)NC(=O)[C@H](CC(C)C)N[C@@H](c2ccc(S(C)(=O)=O)cc2)C(F)(F)F)c(OC)c1. The van der Waals surface area contributed by atoms with Crippen molar-refractivity contribution in [2.75, 3.05) is 32.3 Å². The van der Waals surface area contributed by atoms with E-state index >= 15 is 0 Å². The first kappa shape index (κ1) is 31.2. The van der Waals surface area contributed by atoms with Gasteiger partial charge in [0.25, 0.3) is 0 Å². The fourth-order valence-corrected chi connectivity index (χ4v) is 4.44. The third-order valence-corrected chi connectivity index (χ3v) is 6.88. The number of ether oxygens (including phenoxy) is 2. The molecule has 0 fully saturated rings. The van der Waals surface area contributed by atoms with Gasteiger partial charge in [-0.2, -0.15) is 13.2 Å². The van der Waals surface area contributed by atoms with E-state index in [0.29, 0.717) is 23.7 Å². The first-order chi connectivity index (χ1) is 17.6. The fourth-order valence-electron chi connectivity index (χ4n) is 3.81. The minimum absolute atomic E-state index is 0.0725. The second-order valence-electron chi connectivity index (χ2n) is 9.52. The molecular formula is C26H36F3N3O5S. The summed E-state index contributed by atoms with van der Waals surface area (Å²) in [4.78, 5) is 13.0. The summed E-state index contributed by atoms with van der Waals surface area (Å²) < 4.78 is 76.1. The first-order valence-electron chi connectivity index (χ1n) is 12.0. The normalized spacial score (nSPS) is 14.5. The van der Waals surface area contributed by atoms with Crippen LogP contribution in [0.3, 0.4) is 0 Å². The molecule has 0 radical (unpaired) electrons. The van der Waals surface area contributed by atoms with E-state index < -0.39 is 40.0 Å². The van der Waals surface area contributed by atoms with Crippen molar-refractivity contribution in [1.29, 1.82) is 0 Å². The predicted molar refractivity (Wildman–Crippen MR) is 140 cm³/mol. The minimum atomic E-state index is -4.72. The number of benzene rings is 2. The van der Waals surface area contributed by atoms with Crippen LogP contribution in [0.5, 0.6) is 11.5 Å². The van der Waals surface area contributed by atoms with Crippen LogP contribution in [0.2, 0.25) is 0 Å². The van der Waals surface area contributed by atoms with Gasteiger partial charge in [-0.25, -0.2) is 8.42 Å². The number of hydrogen-bond acceptors (Lipinski definition) is 7. The Bertz CT molecular complexity index is 1170. The van der Waals surface area contributed by atoms with Crippen LogP contribution < -0.4 is 25.4 Å². The molecule has 0 unspecified atom stereocenters. The summed E-state index contributed by atoms with van der Waals surface area (Å²) in [5, 5.41) is 8.41. The lowest BCUT2D eigenvalue weighted by Gasteiger charge is -2.29. The molecule has 0 heterocycles. The highest BCUT2D eigenvalue weighted by atomic mass is 32.2. The van der Waals surface area contributed by atoms with Crippen molar-refractivity contribution < 1.29 is 35.9 Å². The molecule has 0 aliphatic carbocycles. The molecular weight excluding hydrogens is 523 g/mol. The van der Waals surface area contributed by atoms with Gasteiger partial charge in [0.05, 0.1) is 30.8 Å². The third-order valence-electron chi connectivity index (χ3n) is 5.76. The Morgan fingerprint density at radius 2 is 1.63 bits per heavy atom. The van der Waals surface area contributed by atoms with Crippen LogP contribution in [0, 0.1) is 5.92 Å². The zero-order valence-electron chi connectivity index (χ0n) is 22.3. The van der Waals surface area contributed by atoms with Crippen LogP contribution in [-0.2, 0) is 14.6 Å². The lowest BCUT2D eigenvalue weighted by atomic mass is 9.99. The zero-order valence-corrected chi connectivity index (χ0v) is 23.2. The van der Waals surface area contributed by atoms with Crippen LogP contribution in [0.4, 0.5) is 18.9 Å². The second-order valence-corrected chi connectivity index (χ2v) is 11.5. The summed E-state index contributed by atoms with van der Waals surface area (Å²) in [5.41, 5.74) is 0.480. The summed E-state index contributed by atoms with van der Waals surface area (Å²) in [5.74, 6) is 0.507. The molecule has 1 amide bonds. The second kappa shape index (κ2) is 13.2. The van der Waals surface area contributed by atoms with Crippen molar-refractivity contribution in [2.45, 2.75) is 56.4 Å². The molecule has 0 aromatic heterocycles. The Hall–Kier alpha value is -2.99. The molecule has 0 aliphatic heterocycles. The van der Waals surface area contributed by atoms with Crippen molar-refractivity contribution in [3.8, 4) is 11.5 Å². The Kier molecular flexibility index (Phi) is 10.8. The van der Waals surface area contributed by atoms with Crippen LogP contribution in [0.15, 0.2) is 47.4 Å². The van der Waals surface area contributed by atoms with Gasteiger partial charge in [0.1, 0.15) is 17.5 Å². The van der Waals surface area contributed by atoms with Gasteiger partial charge in [0.2, 0.25) is 5.91 Å². The molecule has 0 saturated carbocycles. The van der Waals surface area contributed by atoms with E-state index in [0.717, 1.165) is 30.5 Å². The molecule has 0 bridgehead atoms. The van der Waals surface area contributed by atoms with Crippen LogP contribution >= 0.6 is 0 Å². The summed E-state index contributed by atoms with van der Waals surface area (Å²) >= 11 is 0. The summed E-state index contributed by atoms with van der Waals surface area (Å²) in [6.45, 7) is 5.65. The number of carbonyl (C=O) groups excluding carboxylic acids is 1. The van der Waals surface area contributed by atoms with Crippen LogP contribution in [-0.4, -0.2) is 59.6 Å². The lowest BCUT2D eigenvalue weighted by molar-refractivity contribution is -0.161. The smallest absolute Gasteiger partial charge is 0.407 e. The average Bonchev–Trinajstić information content (AvgIpc) is 2.83. The number of hydrogen-bond donors (Lipinski definition) is 3. The number of anilines is 1. The highest BCUT2D eigenvalue weighted by Gasteiger charge is 2.43. The molecule has 12 heteroatoms. The van der Waals surface area contributed by atoms with Crippen LogP contribution in [0.1, 0.15) is 38.8 Å². The van der Waals surface area contributed by atoms with E-state index in [1.54, 1.807) is 25.1 Å². The van der Waals surface area contributed by atoms with Crippen molar-refractivity contribution in [3.05, 3.63) is 48.0 Å². The van der Waals surface area contributed by atoms with E-state index in [1.807, 2.05) is 13.8 Å². The molecule has 0 saturated heterocycles. The maximum Gasteiger partial charge on any atom is 0.407 e. The van der Waals surface area contributed by atoms with Gasteiger partial charge in [-0.1, -0.05) is 26.0 Å². The fraction of sp³-hybridized carbons (Fsp3) is 0.500. The molecule has 3 atom stereocenters. The van der Waals surface area contributed by atoms with Crippen molar-refractivity contribution in [1.82, 2.24) is 10.6 Å². The average molecular weight is 560 g/mol. The summed E-state index contributed by atoms with van der Waals surface area (Å²) in [7, 11) is -0.516. The number of sulfone groups is 1. The number of alkyl halides is 3. The van der Waals surface area contributed by atoms with Gasteiger partial charge >= 0.3 is 6.18 Å². The first-order valence-corrected chi connectivity index (χ1v) is 13.9. The Morgan fingerprint density at radius 1 is 1.00 bits per heavy atom. The third kappa shape index (κ3) is 9.09. The molecule has 8 nitrogen and oxygen atoms in total. The van der Waals surface area contributed by atoms with E-state index in [2.05, 4.69) is 16.0 Å². The number of nitrogens with one attached hydrogen (secondary N) is 3. The zero-order chi connectivity index (χ0) is 28.7. The predicted octanol–water partition coefficient (Wildman–Crippen LogP) is 4.33. The van der Waals surface area contributed by atoms with Gasteiger partial charge in [-0.15, -0.1) is 0 Å². The molecule has 2 rings (SSSR count).